The number of halogens is 1. The Labute approximate surface area is 108 Å². The molecule has 0 fully saturated rings. The molecule has 19 heavy (non-hydrogen) atoms. The maximum atomic E-state index is 13.5. The van der Waals surface area contributed by atoms with Crippen LogP contribution in [0.5, 0.6) is 5.75 Å². The van der Waals surface area contributed by atoms with E-state index in [0.717, 1.165) is 6.07 Å². The molecule has 1 rings (SSSR count). The lowest BCUT2D eigenvalue weighted by molar-refractivity contribution is -0.126. The van der Waals surface area contributed by atoms with E-state index >= 15 is 0 Å². The molecule has 1 atom stereocenters. The minimum Gasteiger partial charge on any atom is -0.477 e. The number of nitrogens with one attached hydrogen (secondary N) is 2. The maximum absolute atomic E-state index is 13.5. The number of rotatable bonds is 4. The van der Waals surface area contributed by atoms with Gasteiger partial charge in [0.15, 0.2) is 24.0 Å². The van der Waals surface area contributed by atoms with Gasteiger partial charge < -0.3 is 10.1 Å². The number of hydrogen-bond donors (Lipinski definition) is 2. The third kappa shape index (κ3) is 3.77. The van der Waals surface area contributed by atoms with Gasteiger partial charge in [0.05, 0.1) is 5.56 Å². The minimum atomic E-state index is -1.13. The first-order valence-corrected chi connectivity index (χ1v) is 5.42. The molecule has 0 spiro atoms. The van der Waals surface area contributed by atoms with E-state index in [2.05, 4.69) is 5.32 Å². The summed E-state index contributed by atoms with van der Waals surface area (Å²) in [6, 6.07) is 3.10. The molecule has 7 heteroatoms. The lowest BCUT2D eigenvalue weighted by Gasteiger charge is -2.15. The molecule has 0 saturated heterocycles. The van der Waals surface area contributed by atoms with Crippen molar-refractivity contribution in [3.63, 3.8) is 0 Å². The fourth-order valence-corrected chi connectivity index (χ4v) is 1.25. The molecule has 0 saturated carbocycles. The molecule has 1 aromatic carbocycles. The predicted molar refractivity (Wildman–Crippen MR) is 64.5 cm³/mol. The molecule has 0 aliphatic heterocycles. The zero-order chi connectivity index (χ0) is 14.4. The lowest BCUT2D eigenvalue weighted by Crippen LogP contribution is -2.44. The van der Waals surface area contributed by atoms with Gasteiger partial charge in [0, 0.05) is 7.05 Å². The zero-order valence-electron chi connectivity index (χ0n) is 10.4. The quantitative estimate of drug-likeness (QED) is 0.793. The van der Waals surface area contributed by atoms with Crippen molar-refractivity contribution in [3.8, 4) is 5.75 Å². The van der Waals surface area contributed by atoms with Crippen LogP contribution in [0, 0.1) is 5.82 Å². The smallest absolute Gasteiger partial charge is 0.321 e. The van der Waals surface area contributed by atoms with Crippen molar-refractivity contribution in [2.75, 3.05) is 7.05 Å². The summed E-state index contributed by atoms with van der Waals surface area (Å²) < 4.78 is 18.6. The summed E-state index contributed by atoms with van der Waals surface area (Å²) in [5.74, 6) is -1.83. The molecular weight excluding hydrogens is 255 g/mol. The summed E-state index contributed by atoms with van der Waals surface area (Å²) in [5.41, 5.74) is -0.0143. The number of carbonyl (C=O) groups excluding carboxylic acids is 3. The lowest BCUT2D eigenvalue weighted by atomic mass is 10.2. The summed E-state index contributed by atoms with van der Waals surface area (Å²) in [7, 11) is 1.34. The van der Waals surface area contributed by atoms with Gasteiger partial charge >= 0.3 is 6.03 Å². The van der Waals surface area contributed by atoms with Gasteiger partial charge in [-0.15, -0.1) is 0 Å². The molecule has 1 unspecified atom stereocenters. The minimum absolute atomic E-state index is 0.0143. The number of ether oxygens (including phenoxy) is 1. The van der Waals surface area contributed by atoms with Crippen molar-refractivity contribution in [1.29, 1.82) is 0 Å². The molecule has 102 valence electrons. The largest absolute Gasteiger partial charge is 0.477 e. The van der Waals surface area contributed by atoms with Crippen LogP contribution in [-0.4, -0.2) is 31.4 Å². The van der Waals surface area contributed by atoms with E-state index in [0.29, 0.717) is 6.29 Å². The first-order valence-electron chi connectivity index (χ1n) is 5.42. The first-order chi connectivity index (χ1) is 8.99. The van der Waals surface area contributed by atoms with E-state index in [-0.39, 0.29) is 11.3 Å². The predicted octanol–water partition coefficient (Wildman–Crippen LogP) is 0.861. The van der Waals surface area contributed by atoms with Crippen LogP contribution in [0.1, 0.15) is 17.3 Å². The molecule has 0 radical (unpaired) electrons. The van der Waals surface area contributed by atoms with E-state index in [1.807, 2.05) is 5.32 Å². The van der Waals surface area contributed by atoms with Crippen molar-refractivity contribution in [2.24, 2.45) is 0 Å². The number of para-hydroxylation sites is 1. The number of amides is 3. The van der Waals surface area contributed by atoms with Crippen molar-refractivity contribution in [3.05, 3.63) is 29.6 Å². The van der Waals surface area contributed by atoms with Crippen LogP contribution in [0.4, 0.5) is 9.18 Å². The highest BCUT2D eigenvalue weighted by Crippen LogP contribution is 2.22. The number of hydrogen-bond acceptors (Lipinski definition) is 4. The average Bonchev–Trinajstić information content (AvgIpc) is 2.40. The Morgan fingerprint density at radius 1 is 1.42 bits per heavy atom. The molecule has 1 aromatic rings. The molecule has 3 amide bonds. The van der Waals surface area contributed by atoms with Crippen molar-refractivity contribution >= 4 is 18.2 Å². The highest BCUT2D eigenvalue weighted by atomic mass is 19.1. The second kappa shape index (κ2) is 6.48. The van der Waals surface area contributed by atoms with E-state index in [4.69, 9.17) is 4.74 Å². The van der Waals surface area contributed by atoms with Gasteiger partial charge in [-0.3, -0.25) is 14.9 Å². The van der Waals surface area contributed by atoms with Gasteiger partial charge in [0.2, 0.25) is 0 Å². The van der Waals surface area contributed by atoms with Gasteiger partial charge in [-0.1, -0.05) is 6.07 Å². The Balaban J connectivity index is 2.82. The Morgan fingerprint density at radius 3 is 2.68 bits per heavy atom. The number of carbonyl (C=O) groups is 3. The summed E-state index contributed by atoms with van der Waals surface area (Å²) >= 11 is 0. The molecule has 0 heterocycles. The van der Waals surface area contributed by atoms with Crippen LogP contribution in [0.2, 0.25) is 0 Å². The van der Waals surface area contributed by atoms with Crippen molar-refractivity contribution in [2.45, 2.75) is 13.0 Å². The van der Waals surface area contributed by atoms with Gasteiger partial charge in [-0.25, -0.2) is 9.18 Å². The van der Waals surface area contributed by atoms with E-state index < -0.39 is 23.9 Å². The Bertz CT molecular complexity index is 505. The molecule has 0 aliphatic carbocycles. The van der Waals surface area contributed by atoms with E-state index in [1.54, 1.807) is 0 Å². The summed E-state index contributed by atoms with van der Waals surface area (Å²) in [5, 5.41) is 4.17. The number of aldehydes is 1. The normalized spacial score (nSPS) is 11.3. The summed E-state index contributed by atoms with van der Waals surface area (Å²) in [4.78, 5) is 33.2. The Kier molecular flexibility index (Phi) is 4.99. The Hall–Kier alpha value is -2.44. The number of imide groups is 1. The molecular formula is C12H13FN2O4. The van der Waals surface area contributed by atoms with Gasteiger partial charge in [-0.05, 0) is 19.1 Å². The maximum Gasteiger partial charge on any atom is 0.321 e. The average molecular weight is 268 g/mol. The van der Waals surface area contributed by atoms with E-state index in [1.165, 1.54) is 26.1 Å². The van der Waals surface area contributed by atoms with Crippen LogP contribution >= 0.6 is 0 Å². The number of urea groups is 1. The third-order valence-corrected chi connectivity index (χ3v) is 2.25. The second-order valence-electron chi connectivity index (χ2n) is 3.60. The summed E-state index contributed by atoms with van der Waals surface area (Å²) in [6.07, 6.45) is -0.713. The Morgan fingerprint density at radius 2 is 2.11 bits per heavy atom. The van der Waals surface area contributed by atoms with Crippen LogP contribution in [-0.2, 0) is 4.79 Å². The van der Waals surface area contributed by atoms with Crippen LogP contribution in [0.25, 0.3) is 0 Å². The monoisotopic (exact) mass is 268 g/mol. The fourth-order valence-electron chi connectivity index (χ4n) is 1.25. The van der Waals surface area contributed by atoms with Gasteiger partial charge in [0.25, 0.3) is 5.91 Å². The standard InChI is InChI=1S/C12H13FN2O4/c1-7(11(17)15-12(18)14-2)19-10-8(6-16)4-3-5-9(10)13/h3-7H,1-2H3,(H2,14,15,17,18). The molecule has 0 aromatic heterocycles. The van der Waals surface area contributed by atoms with Gasteiger partial charge in [0.1, 0.15) is 0 Å². The molecule has 0 aliphatic rings. The van der Waals surface area contributed by atoms with E-state index in [9.17, 15) is 18.8 Å². The highest BCUT2D eigenvalue weighted by molar-refractivity contribution is 5.96. The van der Waals surface area contributed by atoms with Crippen LogP contribution in [0.3, 0.4) is 0 Å². The van der Waals surface area contributed by atoms with Crippen molar-refractivity contribution < 1.29 is 23.5 Å². The third-order valence-electron chi connectivity index (χ3n) is 2.25. The number of benzene rings is 1. The summed E-state index contributed by atoms with van der Waals surface area (Å²) in [6.45, 7) is 1.33. The topological polar surface area (TPSA) is 84.5 Å². The van der Waals surface area contributed by atoms with Crippen LogP contribution < -0.4 is 15.4 Å². The van der Waals surface area contributed by atoms with Crippen molar-refractivity contribution in [1.82, 2.24) is 10.6 Å². The SMILES string of the molecule is CNC(=O)NC(=O)C(C)Oc1c(F)cccc1C=O. The van der Waals surface area contributed by atoms with Gasteiger partial charge in [-0.2, -0.15) is 0 Å². The van der Waals surface area contributed by atoms with Crippen LogP contribution in [0.15, 0.2) is 18.2 Å². The molecule has 2 N–H and O–H groups in total. The second-order valence-corrected chi connectivity index (χ2v) is 3.60. The fraction of sp³-hybridized carbons (Fsp3) is 0.250. The molecule has 6 nitrogen and oxygen atoms in total. The first kappa shape index (κ1) is 14.6. The highest BCUT2D eigenvalue weighted by Gasteiger charge is 2.20. The zero-order valence-corrected chi connectivity index (χ0v) is 10.4. The molecule has 0 bridgehead atoms.